The molecule has 1 aromatic heterocycles. The van der Waals surface area contributed by atoms with Gasteiger partial charge in [-0.25, -0.2) is 17.8 Å². The number of hydrogen-bond donors (Lipinski definition) is 1. The van der Waals surface area contributed by atoms with E-state index in [0.29, 0.717) is 15.3 Å². The Morgan fingerprint density at radius 2 is 2.04 bits per heavy atom. The maximum atomic E-state index is 13.2. The second-order valence-electron chi connectivity index (χ2n) is 5.02. The van der Waals surface area contributed by atoms with Gasteiger partial charge < -0.3 is 0 Å². The topological polar surface area (TPSA) is 76.1 Å². The molecule has 0 radical (unpaired) electrons. The monoisotopic (exact) mass is 364 g/mol. The highest BCUT2D eigenvalue weighted by Crippen LogP contribution is 2.27. The van der Waals surface area contributed by atoms with Crippen LogP contribution >= 0.6 is 11.3 Å². The normalized spacial score (nSPS) is 11.6. The summed E-state index contributed by atoms with van der Waals surface area (Å²) in [7, 11) is -3.39. The Kier molecular flexibility index (Phi) is 4.33. The van der Waals surface area contributed by atoms with Gasteiger partial charge in [-0.3, -0.25) is 10.1 Å². The Morgan fingerprint density at radius 1 is 1.25 bits per heavy atom. The zero-order chi connectivity index (χ0) is 17.3. The number of nitrogens with zero attached hydrogens (tertiary/aromatic N) is 1. The van der Waals surface area contributed by atoms with Gasteiger partial charge in [0, 0.05) is 5.56 Å². The van der Waals surface area contributed by atoms with Crippen LogP contribution in [0.4, 0.5) is 9.52 Å². The van der Waals surface area contributed by atoms with E-state index in [1.54, 1.807) is 6.92 Å². The number of carbonyl (C=O) groups excluding carboxylic acids is 1. The second kappa shape index (κ2) is 6.29. The number of hydrogen-bond acceptors (Lipinski definition) is 5. The fraction of sp³-hybridized carbons (Fsp3) is 0.125. The van der Waals surface area contributed by atoms with Crippen molar-refractivity contribution >= 4 is 42.4 Å². The maximum absolute atomic E-state index is 13.2. The summed E-state index contributed by atoms with van der Waals surface area (Å²) in [5.41, 5.74) is 0.800. The lowest BCUT2D eigenvalue weighted by Crippen LogP contribution is -2.13. The number of nitrogens with one attached hydrogen (secondary N) is 1. The summed E-state index contributed by atoms with van der Waals surface area (Å²) in [4.78, 5) is 16.6. The molecule has 1 N–H and O–H groups in total. The van der Waals surface area contributed by atoms with Crippen LogP contribution in [0.2, 0.25) is 0 Å². The Bertz CT molecular complexity index is 1030. The molecule has 8 heteroatoms. The first-order valence-electron chi connectivity index (χ1n) is 7.09. The lowest BCUT2D eigenvalue weighted by Gasteiger charge is -2.05. The summed E-state index contributed by atoms with van der Waals surface area (Å²) in [6.45, 7) is 1.54. The van der Waals surface area contributed by atoms with Crippen LogP contribution in [-0.4, -0.2) is 25.1 Å². The molecule has 0 bridgehead atoms. The summed E-state index contributed by atoms with van der Waals surface area (Å²) < 4.78 is 37.6. The van der Waals surface area contributed by atoms with E-state index in [-0.39, 0.29) is 22.0 Å². The highest BCUT2D eigenvalue weighted by atomic mass is 32.2. The third kappa shape index (κ3) is 3.29. The van der Waals surface area contributed by atoms with Gasteiger partial charge in [0.1, 0.15) is 5.82 Å². The molecule has 24 heavy (non-hydrogen) atoms. The molecule has 0 fully saturated rings. The number of anilines is 1. The number of halogens is 1. The molecule has 0 unspecified atom stereocenters. The van der Waals surface area contributed by atoms with E-state index < -0.39 is 15.7 Å². The van der Waals surface area contributed by atoms with Crippen LogP contribution in [0.15, 0.2) is 47.4 Å². The Hall–Kier alpha value is -2.32. The van der Waals surface area contributed by atoms with E-state index in [2.05, 4.69) is 10.3 Å². The van der Waals surface area contributed by atoms with Crippen LogP contribution in [-0.2, 0) is 9.84 Å². The maximum Gasteiger partial charge on any atom is 0.257 e. The molecular weight excluding hydrogens is 351 g/mol. The van der Waals surface area contributed by atoms with Crippen molar-refractivity contribution in [2.45, 2.75) is 11.8 Å². The fourth-order valence-corrected chi connectivity index (χ4v) is 3.93. The summed E-state index contributed by atoms with van der Waals surface area (Å²) in [5, 5.41) is 2.94. The molecule has 3 rings (SSSR count). The number of benzene rings is 2. The second-order valence-corrected chi connectivity index (χ2v) is 8.33. The van der Waals surface area contributed by atoms with Gasteiger partial charge in [0.25, 0.3) is 5.91 Å². The minimum atomic E-state index is -3.39. The minimum absolute atomic E-state index is 0.0402. The van der Waals surface area contributed by atoms with E-state index in [9.17, 15) is 17.6 Å². The molecule has 124 valence electrons. The molecule has 3 aromatic rings. The van der Waals surface area contributed by atoms with E-state index in [1.165, 1.54) is 42.5 Å². The Labute approximate surface area is 142 Å². The first kappa shape index (κ1) is 16.5. The molecular formula is C16H13FN2O3S2. The largest absolute Gasteiger partial charge is 0.298 e. The average molecular weight is 364 g/mol. The number of aromatic nitrogens is 1. The van der Waals surface area contributed by atoms with E-state index in [0.717, 1.165) is 11.3 Å². The number of sulfone groups is 1. The van der Waals surface area contributed by atoms with Crippen LogP contribution < -0.4 is 5.32 Å². The summed E-state index contributed by atoms with van der Waals surface area (Å²) in [6.07, 6.45) is 0. The van der Waals surface area contributed by atoms with Gasteiger partial charge >= 0.3 is 0 Å². The number of thiazole rings is 1. The molecule has 0 aliphatic carbocycles. The quantitative estimate of drug-likeness (QED) is 0.769. The lowest BCUT2D eigenvalue weighted by molar-refractivity contribution is 0.102. The van der Waals surface area contributed by atoms with Crippen LogP contribution in [0.1, 0.15) is 17.3 Å². The highest BCUT2D eigenvalue weighted by Gasteiger charge is 2.15. The van der Waals surface area contributed by atoms with Crippen LogP contribution in [0.25, 0.3) is 10.2 Å². The third-order valence-corrected chi connectivity index (χ3v) is 6.07. The third-order valence-electron chi connectivity index (χ3n) is 3.41. The fourth-order valence-electron chi connectivity index (χ4n) is 2.12. The van der Waals surface area contributed by atoms with Crippen LogP contribution in [0.5, 0.6) is 0 Å². The van der Waals surface area contributed by atoms with Crippen molar-refractivity contribution in [1.29, 1.82) is 0 Å². The van der Waals surface area contributed by atoms with Crippen LogP contribution in [0.3, 0.4) is 0 Å². The van der Waals surface area contributed by atoms with E-state index in [4.69, 9.17) is 0 Å². The van der Waals surface area contributed by atoms with Crippen molar-refractivity contribution in [3.8, 4) is 0 Å². The molecule has 1 amide bonds. The standard InChI is InChI=1S/C16H13FN2O3S2/c1-2-24(21,22)12-5-3-4-10(8-12)15(20)19-16-18-13-7-6-11(17)9-14(13)23-16/h3-9H,2H2,1H3,(H,18,19,20). The van der Waals surface area contributed by atoms with Gasteiger partial charge in [0.15, 0.2) is 15.0 Å². The summed E-state index contributed by atoms with van der Waals surface area (Å²) in [5.74, 6) is -0.884. The van der Waals surface area contributed by atoms with Gasteiger partial charge in [-0.15, -0.1) is 0 Å². The number of amides is 1. The predicted molar refractivity (Wildman–Crippen MR) is 91.7 cm³/mol. The van der Waals surface area contributed by atoms with E-state index in [1.807, 2.05) is 0 Å². The Balaban J connectivity index is 1.87. The highest BCUT2D eigenvalue weighted by molar-refractivity contribution is 7.91. The minimum Gasteiger partial charge on any atom is -0.298 e. The molecule has 0 atom stereocenters. The molecule has 0 aliphatic heterocycles. The molecule has 0 saturated heterocycles. The van der Waals surface area contributed by atoms with Gasteiger partial charge in [0.05, 0.1) is 20.9 Å². The van der Waals surface area contributed by atoms with Gasteiger partial charge in [-0.2, -0.15) is 0 Å². The van der Waals surface area contributed by atoms with Crippen molar-refractivity contribution < 1.29 is 17.6 Å². The van der Waals surface area contributed by atoms with Crippen LogP contribution in [0, 0.1) is 5.82 Å². The molecule has 0 spiro atoms. The van der Waals surface area contributed by atoms with Crippen molar-refractivity contribution in [3.05, 3.63) is 53.8 Å². The molecule has 0 saturated carbocycles. The number of fused-ring (bicyclic) bond motifs is 1. The molecule has 1 heterocycles. The average Bonchev–Trinajstić information content (AvgIpc) is 2.96. The van der Waals surface area contributed by atoms with Crippen molar-refractivity contribution in [3.63, 3.8) is 0 Å². The number of carbonyl (C=O) groups is 1. The summed E-state index contributed by atoms with van der Waals surface area (Å²) in [6, 6.07) is 10.0. The number of rotatable bonds is 4. The van der Waals surface area contributed by atoms with Gasteiger partial charge in [-0.05, 0) is 36.4 Å². The molecule has 2 aromatic carbocycles. The van der Waals surface area contributed by atoms with E-state index >= 15 is 0 Å². The van der Waals surface area contributed by atoms with Gasteiger partial charge in [-0.1, -0.05) is 24.3 Å². The predicted octanol–water partition coefficient (Wildman–Crippen LogP) is 3.48. The molecule has 5 nitrogen and oxygen atoms in total. The van der Waals surface area contributed by atoms with Crippen molar-refractivity contribution in [2.75, 3.05) is 11.1 Å². The zero-order valence-corrected chi connectivity index (χ0v) is 14.2. The summed E-state index contributed by atoms with van der Waals surface area (Å²) >= 11 is 1.15. The zero-order valence-electron chi connectivity index (χ0n) is 12.6. The molecule has 0 aliphatic rings. The Morgan fingerprint density at radius 3 is 2.79 bits per heavy atom. The van der Waals surface area contributed by atoms with Crippen molar-refractivity contribution in [2.24, 2.45) is 0 Å². The smallest absolute Gasteiger partial charge is 0.257 e. The first-order valence-corrected chi connectivity index (χ1v) is 9.56. The lowest BCUT2D eigenvalue weighted by atomic mass is 10.2. The van der Waals surface area contributed by atoms with Gasteiger partial charge in [0.2, 0.25) is 0 Å². The van der Waals surface area contributed by atoms with Crippen molar-refractivity contribution in [1.82, 2.24) is 4.98 Å². The SMILES string of the molecule is CCS(=O)(=O)c1cccc(C(=O)Nc2nc3ccc(F)cc3s2)c1. The first-order chi connectivity index (χ1) is 11.4.